The van der Waals surface area contributed by atoms with E-state index in [1.54, 1.807) is 62.9 Å². The normalized spacial score (nSPS) is 15.3. The third-order valence-corrected chi connectivity index (χ3v) is 6.92. The highest BCUT2D eigenvalue weighted by Gasteiger charge is 2.19. The van der Waals surface area contributed by atoms with E-state index in [1.807, 2.05) is 12.1 Å². The van der Waals surface area contributed by atoms with Crippen LogP contribution in [0.1, 0.15) is 12.8 Å². The van der Waals surface area contributed by atoms with E-state index in [9.17, 15) is 4.79 Å². The summed E-state index contributed by atoms with van der Waals surface area (Å²) < 4.78 is 17.0. The van der Waals surface area contributed by atoms with E-state index < -0.39 is 0 Å². The Morgan fingerprint density at radius 3 is 2.60 bits per heavy atom. The van der Waals surface area contributed by atoms with Crippen LogP contribution in [-0.4, -0.2) is 59.6 Å². The van der Waals surface area contributed by atoms with Gasteiger partial charge in [-0.15, -0.1) is 0 Å². The van der Waals surface area contributed by atoms with Gasteiger partial charge in [0.15, 0.2) is 5.75 Å². The lowest BCUT2D eigenvalue weighted by atomic mass is 10.1. The van der Waals surface area contributed by atoms with Gasteiger partial charge in [-0.2, -0.15) is 0 Å². The molecule has 0 saturated carbocycles. The van der Waals surface area contributed by atoms with Gasteiger partial charge in [-0.3, -0.25) is 9.69 Å². The van der Waals surface area contributed by atoms with Crippen LogP contribution in [-0.2, 0) is 4.79 Å². The SMILES string of the molecule is COc1cc2ncnc(Nc3cc(Cl)c(Oc4ccccn4)cc3OC)c2cc1NC(=O)/C=C/C1CCCN1C. The summed E-state index contributed by atoms with van der Waals surface area (Å²) in [5.74, 6) is 1.99. The van der Waals surface area contributed by atoms with Crippen molar-refractivity contribution in [3.8, 4) is 23.1 Å². The van der Waals surface area contributed by atoms with Crippen molar-refractivity contribution < 1.29 is 19.0 Å². The molecule has 0 bridgehead atoms. The maximum Gasteiger partial charge on any atom is 0.248 e. The minimum absolute atomic E-state index is 0.249. The van der Waals surface area contributed by atoms with Crippen molar-refractivity contribution >= 4 is 45.6 Å². The molecule has 1 unspecified atom stereocenters. The molecule has 2 aromatic heterocycles. The number of pyridine rings is 1. The number of methoxy groups -OCH3 is 2. The number of rotatable bonds is 9. The summed E-state index contributed by atoms with van der Waals surface area (Å²) in [5.41, 5.74) is 1.67. The zero-order valence-electron chi connectivity index (χ0n) is 22.3. The molecule has 206 valence electrons. The van der Waals surface area contributed by atoms with Gasteiger partial charge in [0.1, 0.15) is 23.6 Å². The van der Waals surface area contributed by atoms with Gasteiger partial charge in [0.25, 0.3) is 0 Å². The van der Waals surface area contributed by atoms with Gasteiger partial charge in [0, 0.05) is 41.9 Å². The first kappa shape index (κ1) is 27.2. The Morgan fingerprint density at radius 1 is 1.05 bits per heavy atom. The molecule has 1 amide bonds. The Hall–Kier alpha value is -4.41. The summed E-state index contributed by atoms with van der Waals surface area (Å²) in [7, 11) is 5.15. The quantitative estimate of drug-likeness (QED) is 0.245. The molecule has 3 heterocycles. The lowest BCUT2D eigenvalue weighted by Crippen LogP contribution is -2.23. The molecule has 10 nitrogen and oxygen atoms in total. The summed E-state index contributed by atoms with van der Waals surface area (Å²) in [6, 6.07) is 12.5. The highest BCUT2D eigenvalue weighted by molar-refractivity contribution is 6.32. The van der Waals surface area contributed by atoms with Crippen LogP contribution in [0.2, 0.25) is 5.02 Å². The second kappa shape index (κ2) is 12.2. The molecule has 0 radical (unpaired) electrons. The van der Waals surface area contributed by atoms with Crippen molar-refractivity contribution in [2.24, 2.45) is 0 Å². The van der Waals surface area contributed by atoms with Crippen LogP contribution in [0.5, 0.6) is 23.1 Å². The third-order valence-electron chi connectivity index (χ3n) is 6.62. The number of ether oxygens (including phenoxy) is 3. The fourth-order valence-electron chi connectivity index (χ4n) is 4.53. The largest absolute Gasteiger partial charge is 0.494 e. The smallest absolute Gasteiger partial charge is 0.248 e. The summed E-state index contributed by atoms with van der Waals surface area (Å²) in [6.45, 7) is 1.03. The number of aromatic nitrogens is 3. The van der Waals surface area contributed by atoms with Crippen LogP contribution in [0.25, 0.3) is 10.9 Å². The number of carbonyl (C=O) groups excluding carboxylic acids is 1. The average molecular weight is 561 g/mol. The summed E-state index contributed by atoms with van der Waals surface area (Å²) in [5, 5.41) is 7.21. The van der Waals surface area contributed by atoms with Crippen LogP contribution in [0, 0.1) is 0 Å². The Bertz CT molecular complexity index is 1550. The molecule has 1 fully saturated rings. The Balaban J connectivity index is 1.43. The predicted molar refractivity (Wildman–Crippen MR) is 155 cm³/mol. The number of anilines is 3. The number of carbonyl (C=O) groups is 1. The monoisotopic (exact) mass is 560 g/mol. The number of hydrogen-bond acceptors (Lipinski definition) is 9. The van der Waals surface area contributed by atoms with Crippen LogP contribution >= 0.6 is 11.6 Å². The van der Waals surface area contributed by atoms with Crippen LogP contribution in [0.4, 0.5) is 17.2 Å². The summed E-state index contributed by atoms with van der Waals surface area (Å²) in [6.07, 6.45) is 8.73. The number of nitrogens with one attached hydrogen (secondary N) is 2. The van der Waals surface area contributed by atoms with E-state index in [0.717, 1.165) is 19.4 Å². The van der Waals surface area contributed by atoms with Gasteiger partial charge in [0.2, 0.25) is 11.8 Å². The van der Waals surface area contributed by atoms with E-state index in [2.05, 4.69) is 37.5 Å². The van der Waals surface area contributed by atoms with Crippen molar-refractivity contribution in [3.05, 3.63) is 72.2 Å². The average Bonchev–Trinajstić information content (AvgIpc) is 3.38. The molecular formula is C29H29ClN6O4. The number of hydrogen-bond donors (Lipinski definition) is 2. The summed E-state index contributed by atoms with van der Waals surface area (Å²) >= 11 is 6.55. The Morgan fingerprint density at radius 2 is 1.88 bits per heavy atom. The van der Waals surface area contributed by atoms with E-state index in [-0.39, 0.29) is 11.9 Å². The zero-order valence-corrected chi connectivity index (χ0v) is 23.1. The van der Waals surface area contributed by atoms with Gasteiger partial charge < -0.3 is 24.8 Å². The van der Waals surface area contributed by atoms with E-state index in [0.29, 0.717) is 56.2 Å². The van der Waals surface area contributed by atoms with Crippen LogP contribution in [0.3, 0.4) is 0 Å². The van der Waals surface area contributed by atoms with Crippen LogP contribution in [0.15, 0.2) is 67.1 Å². The Kier molecular flexibility index (Phi) is 8.28. The molecule has 4 aromatic rings. The minimum Gasteiger partial charge on any atom is -0.494 e. The predicted octanol–water partition coefficient (Wildman–Crippen LogP) is 5.82. The van der Waals surface area contributed by atoms with Crippen molar-refractivity contribution in [2.75, 3.05) is 38.4 Å². The third kappa shape index (κ3) is 6.08. The van der Waals surface area contributed by atoms with E-state index >= 15 is 0 Å². The maximum absolute atomic E-state index is 12.8. The fraction of sp³-hybridized carbons (Fsp3) is 0.241. The highest BCUT2D eigenvalue weighted by Crippen LogP contribution is 2.40. The lowest BCUT2D eigenvalue weighted by Gasteiger charge is -2.16. The van der Waals surface area contributed by atoms with Gasteiger partial charge in [-0.05, 0) is 44.6 Å². The number of nitrogens with zero attached hydrogens (tertiary/aromatic N) is 4. The maximum atomic E-state index is 12.8. The first-order valence-corrected chi connectivity index (χ1v) is 13.1. The number of likely N-dealkylation sites (tertiary alicyclic amines) is 1. The second-order valence-electron chi connectivity index (χ2n) is 9.21. The molecule has 5 rings (SSSR count). The first-order valence-electron chi connectivity index (χ1n) is 12.7. The van der Waals surface area contributed by atoms with Gasteiger partial charge in [-0.25, -0.2) is 15.0 Å². The molecule has 40 heavy (non-hydrogen) atoms. The van der Waals surface area contributed by atoms with E-state index in [1.165, 1.54) is 6.33 Å². The van der Waals surface area contributed by atoms with Crippen molar-refractivity contribution in [2.45, 2.75) is 18.9 Å². The molecule has 2 N–H and O–H groups in total. The zero-order chi connectivity index (χ0) is 28.1. The lowest BCUT2D eigenvalue weighted by molar-refractivity contribution is -0.111. The molecule has 1 aliphatic rings. The highest BCUT2D eigenvalue weighted by atomic mass is 35.5. The molecule has 1 atom stereocenters. The number of amides is 1. The number of fused-ring (bicyclic) bond motifs is 1. The molecule has 0 spiro atoms. The van der Waals surface area contributed by atoms with E-state index in [4.69, 9.17) is 25.8 Å². The topological polar surface area (TPSA) is 111 Å². The number of likely N-dealkylation sites (N-methyl/N-ethyl adjacent to an activating group) is 1. The molecule has 1 aliphatic heterocycles. The second-order valence-corrected chi connectivity index (χ2v) is 9.62. The minimum atomic E-state index is -0.249. The molecule has 1 saturated heterocycles. The van der Waals surface area contributed by atoms with Gasteiger partial charge >= 0.3 is 0 Å². The molecule has 2 aromatic carbocycles. The van der Waals surface area contributed by atoms with Gasteiger partial charge in [0.05, 0.1) is 36.1 Å². The standard InChI is InChI=1S/C29H29ClN6O4/c1-36-12-6-7-18(36)9-10-27(37)34-22-13-19-21(15-25(22)38-2)32-17-33-29(19)35-23-14-20(30)24(16-26(23)39-3)40-28-8-4-5-11-31-28/h4-5,8-11,13-18H,6-7,12H2,1-3H3,(H,34,37)(H,32,33,35)/b10-9+. The fourth-order valence-corrected chi connectivity index (χ4v) is 4.73. The van der Waals surface area contributed by atoms with Crippen LogP contribution < -0.4 is 24.8 Å². The molecule has 0 aliphatic carbocycles. The first-order chi connectivity index (χ1) is 19.4. The molecule has 11 heteroatoms. The van der Waals surface area contributed by atoms with Gasteiger partial charge in [-0.1, -0.05) is 23.7 Å². The van der Waals surface area contributed by atoms with Crippen molar-refractivity contribution in [1.29, 1.82) is 0 Å². The van der Waals surface area contributed by atoms with Crippen molar-refractivity contribution in [3.63, 3.8) is 0 Å². The number of benzene rings is 2. The summed E-state index contributed by atoms with van der Waals surface area (Å²) in [4.78, 5) is 28.0. The Labute approximate surface area is 237 Å². The number of halogens is 1. The molecular weight excluding hydrogens is 532 g/mol. The van der Waals surface area contributed by atoms with Crippen molar-refractivity contribution in [1.82, 2.24) is 19.9 Å².